The third-order valence-electron chi connectivity index (χ3n) is 6.25. The van der Waals surface area contributed by atoms with Gasteiger partial charge in [-0.15, -0.1) is 11.3 Å². The summed E-state index contributed by atoms with van der Waals surface area (Å²) in [5.74, 6) is -0.569. The van der Waals surface area contributed by atoms with Crippen LogP contribution in [0.5, 0.6) is 0 Å². The number of benzene rings is 1. The van der Waals surface area contributed by atoms with Gasteiger partial charge in [-0.3, -0.25) is 14.5 Å². The Morgan fingerprint density at radius 1 is 1.18 bits per heavy atom. The van der Waals surface area contributed by atoms with Gasteiger partial charge in [0.05, 0.1) is 24.0 Å². The molecule has 2 aromatic rings. The zero-order chi connectivity index (χ0) is 23.9. The van der Waals surface area contributed by atoms with E-state index in [0.717, 1.165) is 49.8 Å². The van der Waals surface area contributed by atoms with Gasteiger partial charge in [-0.25, -0.2) is 4.98 Å². The molecule has 0 aliphatic carbocycles. The molecule has 1 atom stereocenters. The first-order chi connectivity index (χ1) is 16.6. The highest BCUT2D eigenvalue weighted by atomic mass is 32.1. The Balaban J connectivity index is 1.48. The number of amides is 2. The first-order valence-corrected chi connectivity index (χ1v) is 12.6. The second-order valence-corrected chi connectivity index (χ2v) is 9.51. The Hall–Kier alpha value is -2.53. The number of hydrogen-bond acceptors (Lipinski definition) is 8. The Labute approximate surface area is 204 Å². The molecule has 0 radical (unpaired) electrons. The van der Waals surface area contributed by atoms with Gasteiger partial charge in [-0.2, -0.15) is 0 Å². The van der Waals surface area contributed by atoms with Crippen LogP contribution in [0.4, 0.5) is 10.8 Å². The van der Waals surface area contributed by atoms with Crippen molar-refractivity contribution in [1.82, 2.24) is 15.2 Å². The zero-order valence-corrected chi connectivity index (χ0v) is 20.7. The van der Waals surface area contributed by atoms with Crippen molar-refractivity contribution in [2.45, 2.75) is 31.9 Å². The van der Waals surface area contributed by atoms with Gasteiger partial charge in [0.15, 0.2) is 5.13 Å². The predicted octanol–water partition coefficient (Wildman–Crippen LogP) is 2.59. The van der Waals surface area contributed by atoms with E-state index in [4.69, 9.17) is 9.47 Å². The number of thiazole rings is 1. The second kappa shape index (κ2) is 11.7. The molecule has 0 bridgehead atoms. The molecule has 0 unspecified atom stereocenters. The number of rotatable bonds is 10. The lowest BCUT2D eigenvalue weighted by atomic mass is 10.1. The van der Waals surface area contributed by atoms with Gasteiger partial charge in [0, 0.05) is 45.8 Å². The largest absolute Gasteiger partial charge is 0.383 e. The maximum absolute atomic E-state index is 13.0. The molecule has 2 fully saturated rings. The van der Waals surface area contributed by atoms with Crippen molar-refractivity contribution in [3.05, 3.63) is 40.4 Å². The highest BCUT2D eigenvalue weighted by Crippen LogP contribution is 2.27. The molecule has 2 aliphatic heterocycles. The van der Waals surface area contributed by atoms with E-state index < -0.39 is 0 Å². The van der Waals surface area contributed by atoms with Crippen molar-refractivity contribution < 1.29 is 19.1 Å². The molecule has 34 heavy (non-hydrogen) atoms. The van der Waals surface area contributed by atoms with Gasteiger partial charge in [-0.1, -0.05) is 6.07 Å². The number of likely N-dealkylation sites (tertiary alicyclic amines) is 1. The van der Waals surface area contributed by atoms with Gasteiger partial charge in [-0.05, 0) is 50.0 Å². The lowest BCUT2D eigenvalue weighted by Crippen LogP contribution is -2.28. The van der Waals surface area contributed by atoms with Crippen LogP contribution in [0.3, 0.4) is 0 Å². The van der Waals surface area contributed by atoms with Gasteiger partial charge in [0.1, 0.15) is 5.69 Å². The first kappa shape index (κ1) is 24.6. The van der Waals surface area contributed by atoms with Crippen molar-refractivity contribution in [2.24, 2.45) is 0 Å². The third kappa shape index (κ3) is 6.12. The van der Waals surface area contributed by atoms with Crippen LogP contribution in [-0.2, 0) is 16.0 Å². The van der Waals surface area contributed by atoms with E-state index in [1.54, 1.807) is 19.6 Å². The SMILES string of the molecule is COCCNC(=O)c1cc(CN2CCCC2)ccc1NC(=O)c1csc(N2CC[C@H](OC)C2)n1. The van der Waals surface area contributed by atoms with E-state index in [9.17, 15) is 9.59 Å². The van der Waals surface area contributed by atoms with Crippen LogP contribution < -0.4 is 15.5 Å². The van der Waals surface area contributed by atoms with Crippen molar-refractivity contribution in [3.63, 3.8) is 0 Å². The Kier molecular flexibility index (Phi) is 8.49. The molecular formula is C24H33N5O4S. The molecule has 2 saturated heterocycles. The van der Waals surface area contributed by atoms with E-state index in [1.165, 1.54) is 24.2 Å². The number of carbonyl (C=O) groups is 2. The summed E-state index contributed by atoms with van der Waals surface area (Å²) in [6, 6.07) is 5.66. The lowest BCUT2D eigenvalue weighted by molar-refractivity contribution is 0.0937. The number of carbonyl (C=O) groups excluding carboxylic acids is 2. The highest BCUT2D eigenvalue weighted by molar-refractivity contribution is 7.14. The molecule has 2 aliphatic rings. The summed E-state index contributed by atoms with van der Waals surface area (Å²) in [7, 11) is 3.31. The highest BCUT2D eigenvalue weighted by Gasteiger charge is 2.25. The molecule has 1 aromatic carbocycles. The van der Waals surface area contributed by atoms with Gasteiger partial charge < -0.3 is 25.0 Å². The van der Waals surface area contributed by atoms with Crippen LogP contribution in [0.15, 0.2) is 23.6 Å². The quantitative estimate of drug-likeness (QED) is 0.497. The fraction of sp³-hybridized carbons (Fsp3) is 0.542. The molecule has 9 nitrogen and oxygen atoms in total. The van der Waals surface area contributed by atoms with Crippen molar-refractivity contribution in [2.75, 3.05) is 63.8 Å². The van der Waals surface area contributed by atoms with Crippen LogP contribution in [0.1, 0.15) is 45.7 Å². The number of ether oxygens (including phenoxy) is 2. The van der Waals surface area contributed by atoms with Crippen molar-refractivity contribution in [3.8, 4) is 0 Å². The van der Waals surface area contributed by atoms with Gasteiger partial charge in [0.2, 0.25) is 0 Å². The van der Waals surface area contributed by atoms with Crippen molar-refractivity contribution >= 4 is 34.0 Å². The van der Waals surface area contributed by atoms with E-state index in [2.05, 4.69) is 25.4 Å². The van der Waals surface area contributed by atoms with Gasteiger partial charge in [0.25, 0.3) is 11.8 Å². The molecule has 184 valence electrons. The molecular weight excluding hydrogens is 454 g/mol. The van der Waals surface area contributed by atoms with E-state index in [0.29, 0.717) is 30.1 Å². The number of nitrogens with one attached hydrogen (secondary N) is 2. The normalized spacial score (nSPS) is 18.4. The number of anilines is 2. The summed E-state index contributed by atoms with van der Waals surface area (Å²) in [5.41, 5.74) is 2.31. The smallest absolute Gasteiger partial charge is 0.275 e. The van der Waals surface area contributed by atoms with E-state index >= 15 is 0 Å². The Morgan fingerprint density at radius 3 is 2.74 bits per heavy atom. The number of nitrogens with zero attached hydrogens (tertiary/aromatic N) is 3. The summed E-state index contributed by atoms with van der Waals surface area (Å²) >= 11 is 1.44. The van der Waals surface area contributed by atoms with Crippen LogP contribution in [0.25, 0.3) is 0 Å². The number of methoxy groups -OCH3 is 2. The fourth-order valence-electron chi connectivity index (χ4n) is 4.34. The van der Waals surface area contributed by atoms with Crippen molar-refractivity contribution in [1.29, 1.82) is 0 Å². The van der Waals surface area contributed by atoms with E-state index in [-0.39, 0.29) is 17.9 Å². The minimum atomic E-state index is -0.330. The molecule has 0 spiro atoms. The summed E-state index contributed by atoms with van der Waals surface area (Å²) < 4.78 is 10.5. The minimum Gasteiger partial charge on any atom is -0.383 e. The van der Waals surface area contributed by atoms with Crippen LogP contribution in [0.2, 0.25) is 0 Å². The summed E-state index contributed by atoms with van der Waals surface area (Å²) in [6.45, 7) is 5.38. The molecule has 4 rings (SSSR count). The standard InChI is InChI=1S/C24H33N5O4S/c1-32-12-8-25-22(30)19-13-17(14-28-9-3-4-10-28)5-6-20(19)26-23(31)21-16-34-24(27-21)29-11-7-18(15-29)33-2/h5-6,13,16,18H,3-4,7-12,14-15H2,1-2H3,(H,25,30)(H,26,31)/t18-/m0/s1. The first-order valence-electron chi connectivity index (χ1n) is 11.7. The third-order valence-corrected chi connectivity index (χ3v) is 7.15. The maximum atomic E-state index is 13.0. The number of hydrogen-bond donors (Lipinski definition) is 2. The average molecular weight is 488 g/mol. The lowest BCUT2D eigenvalue weighted by Gasteiger charge is -2.17. The zero-order valence-electron chi connectivity index (χ0n) is 19.8. The second-order valence-electron chi connectivity index (χ2n) is 8.67. The molecule has 3 heterocycles. The van der Waals surface area contributed by atoms with Crippen LogP contribution in [-0.4, -0.2) is 81.4 Å². The summed E-state index contributed by atoms with van der Waals surface area (Å²) in [4.78, 5) is 35.0. The average Bonchev–Trinajstić information content (AvgIpc) is 3.61. The molecule has 2 amide bonds. The van der Waals surface area contributed by atoms with Crippen LogP contribution >= 0.6 is 11.3 Å². The Morgan fingerprint density at radius 2 is 2.00 bits per heavy atom. The van der Waals surface area contributed by atoms with Gasteiger partial charge >= 0.3 is 0 Å². The minimum absolute atomic E-state index is 0.194. The number of aromatic nitrogens is 1. The Bertz CT molecular complexity index is 991. The summed E-state index contributed by atoms with van der Waals surface area (Å²) in [6.07, 6.45) is 3.55. The monoisotopic (exact) mass is 487 g/mol. The van der Waals surface area contributed by atoms with Crippen LogP contribution in [0, 0.1) is 0 Å². The topological polar surface area (TPSA) is 96.0 Å². The molecule has 0 saturated carbocycles. The fourth-order valence-corrected chi connectivity index (χ4v) is 5.18. The summed E-state index contributed by atoms with van der Waals surface area (Å²) in [5, 5.41) is 8.33. The molecule has 2 N–H and O–H groups in total. The molecule has 10 heteroatoms. The van der Waals surface area contributed by atoms with E-state index in [1.807, 2.05) is 18.2 Å². The molecule has 1 aromatic heterocycles. The predicted molar refractivity (Wildman–Crippen MR) is 133 cm³/mol. The maximum Gasteiger partial charge on any atom is 0.275 e.